The van der Waals surface area contributed by atoms with E-state index in [1.807, 2.05) is 42.5 Å². The number of aromatic hydroxyl groups is 1. The minimum atomic E-state index is -0.350. The molecule has 4 rings (SSSR count). The van der Waals surface area contributed by atoms with E-state index in [0.717, 1.165) is 49.7 Å². The van der Waals surface area contributed by atoms with E-state index in [9.17, 15) is 9.90 Å². The van der Waals surface area contributed by atoms with Gasteiger partial charge < -0.3 is 28.8 Å². The molecule has 8 nitrogen and oxygen atoms in total. The maximum absolute atomic E-state index is 12.9. The molecule has 0 amide bonds. The minimum Gasteiger partial charge on any atom is -0.507 e. The minimum absolute atomic E-state index is 0.149. The van der Waals surface area contributed by atoms with Crippen molar-refractivity contribution in [1.29, 1.82) is 0 Å². The van der Waals surface area contributed by atoms with Crippen LogP contribution in [-0.4, -0.2) is 76.6 Å². The Kier molecular flexibility index (Phi) is 10.2. The van der Waals surface area contributed by atoms with E-state index < -0.39 is 0 Å². The molecule has 0 aliphatic carbocycles. The van der Waals surface area contributed by atoms with E-state index in [2.05, 4.69) is 4.90 Å². The molecule has 3 aromatic carbocycles. The topological polar surface area (TPSA) is 86.7 Å². The molecule has 1 saturated heterocycles. The predicted molar refractivity (Wildman–Crippen MR) is 156 cm³/mol. The van der Waals surface area contributed by atoms with Crippen molar-refractivity contribution in [3.05, 3.63) is 82.9 Å². The van der Waals surface area contributed by atoms with Crippen LogP contribution in [0.4, 0.5) is 0 Å². The standard InChI is InChI=1S/C32H35NO7/c1-36-26-10-11-29(31(35)21-26)30(34)13-12-28-24(20-27(37-2)22-32(28)38-3)7-4-23-5-8-25(9-6-23)40-19-16-33-14-17-39-18-15-33/h4-13,20-22,35H,14-19H2,1-3H3/b7-4+,13-12+. The zero-order valence-electron chi connectivity index (χ0n) is 23.1. The quantitative estimate of drug-likeness (QED) is 0.189. The fourth-order valence-electron chi connectivity index (χ4n) is 4.30. The largest absolute Gasteiger partial charge is 0.507 e. The number of morpholine rings is 1. The number of phenols is 1. The normalized spacial score (nSPS) is 14.0. The molecule has 3 aromatic rings. The van der Waals surface area contributed by atoms with Crippen molar-refractivity contribution in [2.75, 3.05) is 60.8 Å². The molecule has 0 saturated carbocycles. The molecule has 0 bridgehead atoms. The fourth-order valence-corrected chi connectivity index (χ4v) is 4.30. The number of carbonyl (C=O) groups excluding carboxylic acids is 1. The first-order valence-electron chi connectivity index (χ1n) is 13.1. The predicted octanol–water partition coefficient (Wildman–Crippen LogP) is 5.20. The molecule has 210 valence electrons. The molecule has 1 aliphatic rings. The van der Waals surface area contributed by atoms with Gasteiger partial charge in [-0.1, -0.05) is 24.3 Å². The van der Waals surface area contributed by atoms with Gasteiger partial charge in [0.25, 0.3) is 0 Å². The number of rotatable bonds is 12. The lowest BCUT2D eigenvalue weighted by atomic mass is 10.0. The van der Waals surface area contributed by atoms with E-state index in [1.54, 1.807) is 32.4 Å². The number of carbonyl (C=O) groups is 1. The lowest BCUT2D eigenvalue weighted by Crippen LogP contribution is -2.38. The average Bonchev–Trinajstić information content (AvgIpc) is 2.99. The van der Waals surface area contributed by atoms with Crippen LogP contribution in [0, 0.1) is 0 Å². The molecular formula is C32H35NO7. The number of phenolic OH excluding ortho intramolecular Hbond substituents is 1. The molecule has 1 fully saturated rings. The van der Waals surface area contributed by atoms with Gasteiger partial charge in [-0.2, -0.15) is 0 Å². The highest BCUT2D eigenvalue weighted by molar-refractivity contribution is 6.09. The first-order valence-corrected chi connectivity index (χ1v) is 13.1. The molecule has 0 aromatic heterocycles. The molecule has 40 heavy (non-hydrogen) atoms. The number of methoxy groups -OCH3 is 3. The second-order valence-electron chi connectivity index (χ2n) is 9.12. The van der Waals surface area contributed by atoms with Crippen molar-refractivity contribution in [3.63, 3.8) is 0 Å². The fraction of sp³-hybridized carbons (Fsp3) is 0.281. The van der Waals surface area contributed by atoms with Gasteiger partial charge in [0, 0.05) is 37.3 Å². The third-order valence-electron chi connectivity index (χ3n) is 6.59. The molecule has 0 atom stereocenters. The van der Waals surface area contributed by atoms with Gasteiger partial charge in [-0.3, -0.25) is 9.69 Å². The highest BCUT2D eigenvalue weighted by atomic mass is 16.5. The smallest absolute Gasteiger partial charge is 0.189 e. The van der Waals surface area contributed by atoms with Crippen molar-refractivity contribution in [1.82, 2.24) is 4.90 Å². The zero-order chi connectivity index (χ0) is 28.3. The maximum Gasteiger partial charge on any atom is 0.189 e. The van der Waals surface area contributed by atoms with Gasteiger partial charge in [0.2, 0.25) is 0 Å². The Morgan fingerprint density at radius 3 is 2.27 bits per heavy atom. The second-order valence-corrected chi connectivity index (χ2v) is 9.12. The summed E-state index contributed by atoms with van der Waals surface area (Å²) < 4.78 is 27.5. The molecule has 1 aliphatic heterocycles. The summed E-state index contributed by atoms with van der Waals surface area (Å²) in [4.78, 5) is 15.2. The summed E-state index contributed by atoms with van der Waals surface area (Å²) in [7, 11) is 4.65. The van der Waals surface area contributed by atoms with Crippen LogP contribution in [0.3, 0.4) is 0 Å². The van der Waals surface area contributed by atoms with Gasteiger partial charge in [0.1, 0.15) is 35.4 Å². The van der Waals surface area contributed by atoms with Crippen molar-refractivity contribution < 1.29 is 33.6 Å². The van der Waals surface area contributed by atoms with Crippen LogP contribution in [0.2, 0.25) is 0 Å². The molecule has 0 radical (unpaired) electrons. The number of ether oxygens (including phenoxy) is 5. The van der Waals surface area contributed by atoms with E-state index in [1.165, 1.54) is 25.3 Å². The van der Waals surface area contributed by atoms with Crippen molar-refractivity contribution in [3.8, 4) is 28.7 Å². The van der Waals surface area contributed by atoms with Crippen molar-refractivity contribution >= 4 is 24.0 Å². The van der Waals surface area contributed by atoms with E-state index in [0.29, 0.717) is 29.4 Å². The van der Waals surface area contributed by atoms with Crippen LogP contribution in [0.25, 0.3) is 18.2 Å². The van der Waals surface area contributed by atoms with E-state index in [-0.39, 0.29) is 17.1 Å². The SMILES string of the molecule is COc1ccc(C(=O)/C=C/c2c(/C=C/c3ccc(OCCN4CCOCC4)cc3)cc(OC)cc2OC)c(O)c1. The number of nitrogens with zero attached hydrogens (tertiary/aromatic N) is 1. The van der Waals surface area contributed by atoms with Crippen LogP contribution in [0.15, 0.2) is 60.7 Å². The highest BCUT2D eigenvalue weighted by Crippen LogP contribution is 2.32. The van der Waals surface area contributed by atoms with Crippen LogP contribution >= 0.6 is 0 Å². The van der Waals surface area contributed by atoms with Crippen molar-refractivity contribution in [2.24, 2.45) is 0 Å². The summed E-state index contributed by atoms with van der Waals surface area (Å²) >= 11 is 0. The number of hydrogen-bond acceptors (Lipinski definition) is 8. The van der Waals surface area contributed by atoms with Crippen LogP contribution in [0.1, 0.15) is 27.0 Å². The van der Waals surface area contributed by atoms with Gasteiger partial charge >= 0.3 is 0 Å². The third kappa shape index (κ3) is 7.65. The summed E-state index contributed by atoms with van der Waals surface area (Å²) in [5, 5.41) is 10.2. The molecule has 0 spiro atoms. The Morgan fingerprint density at radius 1 is 0.875 bits per heavy atom. The molecule has 1 heterocycles. The average molecular weight is 546 g/mol. The van der Waals surface area contributed by atoms with E-state index >= 15 is 0 Å². The van der Waals surface area contributed by atoms with Gasteiger partial charge in [0.05, 0.1) is 40.1 Å². The maximum atomic E-state index is 12.9. The van der Waals surface area contributed by atoms with Gasteiger partial charge in [-0.05, 0) is 53.6 Å². The lowest BCUT2D eigenvalue weighted by Gasteiger charge is -2.26. The molecule has 0 unspecified atom stereocenters. The monoisotopic (exact) mass is 545 g/mol. The number of benzene rings is 3. The van der Waals surface area contributed by atoms with Gasteiger partial charge in [0.15, 0.2) is 5.78 Å². The van der Waals surface area contributed by atoms with E-state index in [4.69, 9.17) is 23.7 Å². The number of ketones is 1. The van der Waals surface area contributed by atoms with Gasteiger partial charge in [-0.25, -0.2) is 0 Å². The zero-order valence-corrected chi connectivity index (χ0v) is 23.1. The van der Waals surface area contributed by atoms with Crippen molar-refractivity contribution in [2.45, 2.75) is 0 Å². The van der Waals surface area contributed by atoms with Crippen LogP contribution in [0.5, 0.6) is 28.7 Å². The number of hydrogen-bond donors (Lipinski definition) is 1. The Hall–Kier alpha value is -4.27. The first kappa shape index (κ1) is 28.7. The molecule has 8 heteroatoms. The third-order valence-corrected chi connectivity index (χ3v) is 6.59. The number of allylic oxidation sites excluding steroid dienone is 1. The van der Waals surface area contributed by atoms with Crippen LogP contribution < -0.4 is 18.9 Å². The summed E-state index contributed by atoms with van der Waals surface area (Å²) in [5.74, 6) is 1.96. The summed E-state index contributed by atoms with van der Waals surface area (Å²) in [6, 6.07) is 16.1. The summed E-state index contributed by atoms with van der Waals surface area (Å²) in [6.45, 7) is 4.94. The Balaban J connectivity index is 1.49. The Labute approximate surface area is 235 Å². The van der Waals surface area contributed by atoms with Gasteiger partial charge in [-0.15, -0.1) is 0 Å². The molecular weight excluding hydrogens is 510 g/mol. The second kappa shape index (κ2) is 14.2. The summed E-state index contributed by atoms with van der Waals surface area (Å²) in [6.07, 6.45) is 7.00. The van der Waals surface area contributed by atoms with Crippen LogP contribution in [-0.2, 0) is 4.74 Å². The Bertz CT molecular complexity index is 1340. The lowest BCUT2D eigenvalue weighted by molar-refractivity contribution is 0.0322. The summed E-state index contributed by atoms with van der Waals surface area (Å²) in [5.41, 5.74) is 2.65. The first-order chi connectivity index (χ1) is 19.5. The Morgan fingerprint density at radius 2 is 1.60 bits per heavy atom. The molecule has 1 N–H and O–H groups in total. The highest BCUT2D eigenvalue weighted by Gasteiger charge is 2.13.